The fourth-order valence-electron chi connectivity index (χ4n) is 7.18. The lowest BCUT2D eigenvalue weighted by Crippen LogP contribution is -2.24. The lowest BCUT2D eigenvalue weighted by Gasteiger charge is -2.16. The van der Waals surface area contributed by atoms with E-state index in [4.69, 9.17) is 65.4 Å². The zero-order valence-electron chi connectivity index (χ0n) is 43.3. The minimum Gasteiger partial charge on any atom is -0.493 e. The fraction of sp³-hybridized carbons (Fsp3) is 0.186. The molecule has 0 aliphatic heterocycles. The van der Waals surface area contributed by atoms with Crippen molar-refractivity contribution in [2.24, 2.45) is 5.92 Å². The lowest BCUT2D eigenvalue weighted by atomic mass is 10.1. The van der Waals surface area contributed by atoms with E-state index >= 15 is 0 Å². The van der Waals surface area contributed by atoms with Crippen molar-refractivity contribution in [1.82, 2.24) is 16.0 Å². The van der Waals surface area contributed by atoms with Gasteiger partial charge in [-0.05, 0) is 91.6 Å². The van der Waals surface area contributed by atoms with Gasteiger partial charge in [0.2, 0.25) is 0 Å². The van der Waals surface area contributed by atoms with Crippen LogP contribution in [0.15, 0.2) is 151 Å². The van der Waals surface area contributed by atoms with Crippen LogP contribution in [0, 0.1) is 24.5 Å². The molecule has 3 amide bonds. The Morgan fingerprint density at radius 3 is 1.51 bits per heavy atom. The molecule has 0 fully saturated rings. The Balaban J connectivity index is 0.000000196. The zero-order valence-corrected chi connectivity index (χ0v) is 46.3. The lowest BCUT2D eigenvalue weighted by molar-refractivity contribution is -0.137. The van der Waals surface area contributed by atoms with Crippen LogP contribution in [-0.2, 0) is 20.6 Å². The molecule has 8 rings (SSSR count). The Bertz CT molecular complexity index is 3480. The van der Waals surface area contributed by atoms with E-state index < -0.39 is 41.1 Å². The van der Waals surface area contributed by atoms with Crippen LogP contribution in [-0.4, -0.2) is 48.8 Å². The van der Waals surface area contributed by atoms with Crippen LogP contribution in [0.3, 0.4) is 0 Å². The Morgan fingerprint density at radius 2 is 1.05 bits per heavy atom. The molecular formula is C59H48Cl4F5N3O10. The van der Waals surface area contributed by atoms with E-state index in [1.54, 1.807) is 55.5 Å². The predicted octanol–water partition coefficient (Wildman–Crippen LogP) is 14.7. The van der Waals surface area contributed by atoms with Gasteiger partial charge in [-0.3, -0.25) is 28.8 Å². The average Bonchev–Trinajstić information content (AvgIpc) is 3.41. The summed E-state index contributed by atoms with van der Waals surface area (Å²) in [4.78, 5) is 72.2. The van der Waals surface area contributed by atoms with Crippen LogP contribution in [0.5, 0.6) is 34.5 Å². The van der Waals surface area contributed by atoms with Crippen molar-refractivity contribution < 1.29 is 69.7 Å². The van der Waals surface area contributed by atoms with E-state index in [9.17, 15) is 50.7 Å². The molecule has 3 aliphatic rings. The molecule has 5 aromatic carbocycles. The fourth-order valence-corrected chi connectivity index (χ4v) is 7.81. The third kappa shape index (κ3) is 18.2. The molecule has 0 heterocycles. The Hall–Kier alpha value is -8.03. The van der Waals surface area contributed by atoms with Gasteiger partial charge in [0.25, 0.3) is 17.7 Å². The molecule has 0 atom stereocenters. The first-order valence-corrected chi connectivity index (χ1v) is 25.8. The van der Waals surface area contributed by atoms with E-state index in [1.165, 1.54) is 67.8 Å². The quantitative estimate of drug-likeness (QED) is 0.0856. The van der Waals surface area contributed by atoms with E-state index in [-0.39, 0.29) is 108 Å². The summed E-state index contributed by atoms with van der Waals surface area (Å²) in [5, 5.41) is 8.41. The average molecular weight is 1200 g/mol. The van der Waals surface area contributed by atoms with Crippen molar-refractivity contribution >= 4 is 81.5 Å². The second kappa shape index (κ2) is 28.4. The van der Waals surface area contributed by atoms with Crippen LogP contribution >= 0.6 is 46.4 Å². The number of benzene rings is 5. The molecule has 81 heavy (non-hydrogen) atoms. The number of hydrogen-bond donors (Lipinski definition) is 3. The molecule has 3 aliphatic carbocycles. The molecule has 0 saturated heterocycles. The molecule has 0 saturated carbocycles. The normalized spacial score (nSPS) is 13.6. The molecular weight excluding hydrogens is 1150 g/mol. The summed E-state index contributed by atoms with van der Waals surface area (Å²) in [5.74, 6) is -2.18. The molecule has 0 bridgehead atoms. The third-order valence-electron chi connectivity index (χ3n) is 11.3. The van der Waals surface area contributed by atoms with Crippen molar-refractivity contribution in [3.8, 4) is 34.5 Å². The molecule has 0 aromatic heterocycles. The summed E-state index contributed by atoms with van der Waals surface area (Å²) in [5.41, 5.74) is 0.724. The van der Waals surface area contributed by atoms with Crippen LogP contribution in [0.2, 0.25) is 20.1 Å². The molecule has 422 valence electrons. The Labute approximate surface area is 481 Å². The summed E-state index contributed by atoms with van der Waals surface area (Å²) >= 11 is 24.2. The number of carbonyl (C=O) groups excluding carboxylic acids is 6. The van der Waals surface area contributed by atoms with Crippen molar-refractivity contribution in [3.63, 3.8) is 0 Å². The number of aryl methyl sites for hydroxylation is 1. The van der Waals surface area contributed by atoms with Gasteiger partial charge in [-0.25, -0.2) is 8.78 Å². The minimum absolute atomic E-state index is 0.0194. The second-order valence-electron chi connectivity index (χ2n) is 18.1. The molecule has 22 heteroatoms. The summed E-state index contributed by atoms with van der Waals surface area (Å²) in [6, 6.07) is 16.3. The highest BCUT2D eigenvalue weighted by Gasteiger charge is 2.32. The van der Waals surface area contributed by atoms with Gasteiger partial charge in [-0.2, -0.15) is 13.2 Å². The Kier molecular flexibility index (Phi) is 21.8. The van der Waals surface area contributed by atoms with Gasteiger partial charge in [0.15, 0.2) is 28.8 Å². The molecule has 0 unspecified atom stereocenters. The number of carbonyl (C=O) groups is 6. The number of ether oxygens (including phenoxy) is 4. The third-order valence-corrected chi connectivity index (χ3v) is 12.8. The number of rotatable bonds is 15. The van der Waals surface area contributed by atoms with Gasteiger partial charge in [0.05, 0.1) is 56.1 Å². The maximum Gasteiger partial charge on any atom is 0.416 e. The topological polar surface area (TPSA) is 175 Å². The second-order valence-corrected chi connectivity index (χ2v) is 19.7. The van der Waals surface area contributed by atoms with Crippen molar-refractivity contribution in [3.05, 3.63) is 210 Å². The number of amides is 3. The highest BCUT2D eigenvalue weighted by molar-refractivity contribution is 6.43. The first-order chi connectivity index (χ1) is 38.4. The van der Waals surface area contributed by atoms with Crippen LogP contribution in [0.25, 0.3) is 0 Å². The van der Waals surface area contributed by atoms with Gasteiger partial charge >= 0.3 is 6.18 Å². The minimum atomic E-state index is -4.54. The highest BCUT2D eigenvalue weighted by atomic mass is 35.5. The monoisotopic (exact) mass is 1190 g/mol. The zero-order chi connectivity index (χ0) is 59.1. The van der Waals surface area contributed by atoms with Gasteiger partial charge in [0, 0.05) is 78.8 Å². The standard InChI is InChI=1S/C20H14Cl2FNO4.C20H14Cl2FNO3.C19H20F3NO3/c1-27-19-7-11(23)5-6-17(19)28-18-10-16(22)15(21)9-14(18)20(26)24-12-3-2-4-13(25)8-12;1-11-5-6-14(8-18(11)23)27-19-10-17(22)16(21)9-15(19)20(26)24-12-3-2-4-13(25)7-12;1-12(2)8-9-26-17-10-13(19(20,21)22)6-7-16(17)18(25)23-14-4-3-5-15(24)11-14/h2-3,5-10H,4H2,1H3,(H,24,26);2-3,5-10H,4H2,1H3,(H,24,26);3-4,6-7,10-12H,5,8-9H2,1-2H3,(H,23,25). The van der Waals surface area contributed by atoms with Gasteiger partial charge in [-0.1, -0.05) is 84.5 Å². The van der Waals surface area contributed by atoms with E-state index in [1.807, 2.05) is 13.8 Å². The summed E-state index contributed by atoms with van der Waals surface area (Å²) in [6.45, 7) is 5.74. The maximum atomic E-state index is 13.8. The molecule has 0 radical (unpaired) electrons. The van der Waals surface area contributed by atoms with E-state index in [0.717, 1.165) is 24.3 Å². The van der Waals surface area contributed by atoms with Crippen LogP contribution in [0.1, 0.15) is 81.7 Å². The molecule has 0 spiro atoms. The number of hydrogen-bond acceptors (Lipinski definition) is 10. The number of allylic oxidation sites excluding steroid dienone is 9. The predicted molar refractivity (Wildman–Crippen MR) is 296 cm³/mol. The Morgan fingerprint density at radius 1 is 0.568 bits per heavy atom. The van der Waals surface area contributed by atoms with Crippen molar-refractivity contribution in [2.45, 2.75) is 52.6 Å². The summed E-state index contributed by atoms with van der Waals surface area (Å²) in [6.07, 6.45) is 10.6. The first kappa shape index (κ1) is 62.2. The number of ketones is 3. The number of alkyl halides is 3. The molecule has 5 aromatic rings. The number of halogens is 9. The van der Waals surface area contributed by atoms with Crippen LogP contribution in [0.4, 0.5) is 22.0 Å². The summed E-state index contributed by atoms with van der Waals surface area (Å²) < 4.78 is 88.0. The highest BCUT2D eigenvalue weighted by Crippen LogP contribution is 2.39. The van der Waals surface area contributed by atoms with Crippen molar-refractivity contribution in [1.29, 1.82) is 0 Å². The van der Waals surface area contributed by atoms with Gasteiger partial charge in [-0.15, -0.1) is 0 Å². The summed E-state index contributed by atoms with van der Waals surface area (Å²) in [7, 11) is 1.36. The van der Waals surface area contributed by atoms with Gasteiger partial charge in [0.1, 0.15) is 34.6 Å². The molecule has 13 nitrogen and oxygen atoms in total. The van der Waals surface area contributed by atoms with E-state index in [2.05, 4.69) is 16.0 Å². The largest absolute Gasteiger partial charge is 0.493 e. The molecule has 3 N–H and O–H groups in total. The number of methoxy groups -OCH3 is 1. The van der Waals surface area contributed by atoms with Crippen molar-refractivity contribution in [2.75, 3.05) is 13.7 Å². The maximum absolute atomic E-state index is 13.8. The first-order valence-electron chi connectivity index (χ1n) is 24.3. The van der Waals surface area contributed by atoms with Gasteiger partial charge < -0.3 is 34.9 Å². The smallest absolute Gasteiger partial charge is 0.416 e. The van der Waals surface area contributed by atoms with E-state index in [0.29, 0.717) is 41.4 Å². The SMILES string of the molecule is CC(C)CCOc1cc(C(F)(F)F)ccc1C(=O)NC1=CC(=O)CC=C1.COc1cc(F)ccc1Oc1cc(Cl)c(Cl)cc1C(=O)NC1=CC(=O)CC=C1.Cc1ccc(Oc2cc(Cl)c(Cl)cc2C(=O)NC2=CC(=O)CC=C2)cc1F. The van der Waals surface area contributed by atoms with Crippen LogP contribution < -0.4 is 34.9 Å². The number of nitrogens with one attached hydrogen (secondary N) is 3.